The molecular formula is C11H9BrIN5O2. The zero-order valence-electron chi connectivity index (χ0n) is 9.89. The normalized spacial score (nSPS) is 11.4. The molecule has 0 radical (unpaired) electrons. The number of amidine groups is 1. The lowest BCUT2D eigenvalue weighted by atomic mass is 10.2. The average Bonchev–Trinajstić information content (AvgIpc) is 2.88. The van der Waals surface area contributed by atoms with E-state index in [2.05, 4.69) is 59.2 Å². The minimum atomic E-state index is -0.341. The van der Waals surface area contributed by atoms with Gasteiger partial charge in [0.15, 0.2) is 5.84 Å². The summed E-state index contributed by atoms with van der Waals surface area (Å²) in [6.45, 7) is 0. The first-order valence-electron chi connectivity index (χ1n) is 5.30. The summed E-state index contributed by atoms with van der Waals surface area (Å²) < 4.78 is 1.59. The van der Waals surface area contributed by atoms with Crippen LogP contribution in [-0.2, 0) is 0 Å². The number of carbonyl (C=O) groups excluding carboxylic acids is 1. The number of nitrogens with zero attached hydrogens (tertiary/aromatic N) is 2. The number of aromatic amines is 1. The summed E-state index contributed by atoms with van der Waals surface area (Å²) in [5, 5.41) is 20.5. The number of hydrogen-bond donors (Lipinski definition) is 4. The molecule has 0 aliphatic carbocycles. The third-order valence-corrected chi connectivity index (χ3v) is 3.80. The molecule has 1 heterocycles. The maximum Gasteiger partial charge on any atom is 0.258 e. The quantitative estimate of drug-likeness (QED) is 0.189. The van der Waals surface area contributed by atoms with Crippen LogP contribution in [0, 0.1) is 3.57 Å². The van der Waals surface area contributed by atoms with E-state index in [1.54, 1.807) is 12.1 Å². The van der Waals surface area contributed by atoms with Crippen LogP contribution in [0.25, 0.3) is 0 Å². The molecule has 0 fully saturated rings. The molecule has 20 heavy (non-hydrogen) atoms. The second kappa shape index (κ2) is 6.22. The van der Waals surface area contributed by atoms with Crippen LogP contribution in [0.1, 0.15) is 15.9 Å². The number of benzene rings is 1. The highest BCUT2D eigenvalue weighted by Gasteiger charge is 2.15. The molecule has 1 aromatic heterocycles. The molecule has 2 rings (SSSR count). The van der Waals surface area contributed by atoms with Gasteiger partial charge in [-0.25, -0.2) is 0 Å². The summed E-state index contributed by atoms with van der Waals surface area (Å²) in [6, 6.07) is 5.40. The van der Waals surface area contributed by atoms with E-state index in [4.69, 9.17) is 10.9 Å². The van der Waals surface area contributed by atoms with Crippen LogP contribution in [0.3, 0.4) is 0 Å². The Morgan fingerprint density at radius 3 is 2.95 bits per heavy atom. The number of rotatable bonds is 3. The highest BCUT2D eigenvalue weighted by atomic mass is 127. The fraction of sp³-hybridized carbons (Fsp3) is 0. The van der Waals surface area contributed by atoms with Crippen LogP contribution in [0.2, 0.25) is 0 Å². The van der Waals surface area contributed by atoms with Gasteiger partial charge in [0.05, 0.1) is 17.3 Å². The van der Waals surface area contributed by atoms with Crippen LogP contribution in [0.4, 0.5) is 5.82 Å². The molecule has 0 aliphatic rings. The first-order valence-corrected chi connectivity index (χ1v) is 7.17. The first kappa shape index (κ1) is 14.8. The van der Waals surface area contributed by atoms with Crippen molar-refractivity contribution < 1.29 is 10.0 Å². The molecule has 104 valence electrons. The Hall–Kier alpha value is -1.62. The topological polar surface area (TPSA) is 116 Å². The Labute approximate surface area is 135 Å². The molecule has 0 unspecified atom stereocenters. The third-order valence-electron chi connectivity index (χ3n) is 2.43. The van der Waals surface area contributed by atoms with E-state index < -0.39 is 0 Å². The largest absolute Gasteiger partial charge is 0.409 e. The number of halogens is 2. The zero-order chi connectivity index (χ0) is 14.7. The van der Waals surface area contributed by atoms with Crippen LogP contribution in [0.15, 0.2) is 34.0 Å². The summed E-state index contributed by atoms with van der Waals surface area (Å²) in [5.74, 6) is -0.224. The van der Waals surface area contributed by atoms with Crippen molar-refractivity contribution in [1.29, 1.82) is 0 Å². The number of oxime groups is 1. The van der Waals surface area contributed by atoms with Gasteiger partial charge in [0, 0.05) is 8.04 Å². The van der Waals surface area contributed by atoms with E-state index in [1.807, 2.05) is 6.07 Å². The molecule has 0 saturated carbocycles. The van der Waals surface area contributed by atoms with Gasteiger partial charge in [0.2, 0.25) is 0 Å². The molecule has 0 saturated heterocycles. The van der Waals surface area contributed by atoms with E-state index in [1.165, 1.54) is 6.20 Å². The zero-order valence-corrected chi connectivity index (χ0v) is 13.6. The molecule has 1 amide bonds. The van der Waals surface area contributed by atoms with Crippen LogP contribution >= 0.6 is 38.5 Å². The Bertz CT molecular complexity index is 685. The van der Waals surface area contributed by atoms with Crippen molar-refractivity contribution in [3.8, 4) is 0 Å². The van der Waals surface area contributed by atoms with Crippen molar-refractivity contribution in [2.45, 2.75) is 0 Å². The molecule has 0 bridgehead atoms. The summed E-state index contributed by atoms with van der Waals surface area (Å²) in [7, 11) is 0. The predicted octanol–water partition coefficient (Wildman–Crippen LogP) is 2.12. The average molecular weight is 450 g/mol. The van der Waals surface area contributed by atoms with Gasteiger partial charge < -0.3 is 16.3 Å². The Morgan fingerprint density at radius 2 is 2.25 bits per heavy atom. The lowest BCUT2D eigenvalue weighted by Crippen LogP contribution is -2.18. The van der Waals surface area contributed by atoms with Crippen LogP contribution in [-0.4, -0.2) is 27.1 Å². The SMILES string of the molecule is N/C(=N/O)c1cn[nH]c1NC(=O)c1cc(I)ccc1Br. The highest BCUT2D eigenvalue weighted by Crippen LogP contribution is 2.21. The lowest BCUT2D eigenvalue weighted by molar-refractivity contribution is 0.102. The fourth-order valence-electron chi connectivity index (χ4n) is 1.48. The molecule has 9 heteroatoms. The highest BCUT2D eigenvalue weighted by molar-refractivity contribution is 14.1. The summed E-state index contributed by atoms with van der Waals surface area (Å²) in [4.78, 5) is 12.2. The van der Waals surface area contributed by atoms with Gasteiger partial charge in [-0.1, -0.05) is 5.16 Å². The van der Waals surface area contributed by atoms with Crippen molar-refractivity contribution in [3.05, 3.63) is 43.6 Å². The number of hydrogen-bond acceptors (Lipinski definition) is 4. The van der Waals surface area contributed by atoms with Crippen molar-refractivity contribution >= 4 is 56.1 Å². The second-order valence-electron chi connectivity index (χ2n) is 3.72. The number of amides is 1. The fourth-order valence-corrected chi connectivity index (χ4v) is 2.40. The van der Waals surface area contributed by atoms with Gasteiger partial charge in [0.1, 0.15) is 5.82 Å². The molecule has 0 aliphatic heterocycles. The molecule has 0 spiro atoms. The number of anilines is 1. The Kier molecular flexibility index (Phi) is 4.60. The van der Waals surface area contributed by atoms with Gasteiger partial charge >= 0.3 is 0 Å². The first-order chi connectivity index (χ1) is 9.52. The standard InChI is InChI=1S/C11H9BrIN5O2/c12-8-2-1-5(13)3-6(8)11(19)16-10-7(4-15-17-10)9(14)18-20/h1-4,20H,(H2,14,18)(H2,15,16,17,19). The van der Waals surface area contributed by atoms with Gasteiger partial charge in [-0.05, 0) is 56.7 Å². The number of nitrogens with two attached hydrogens (primary N) is 1. The molecular weight excluding hydrogens is 441 g/mol. The molecule has 5 N–H and O–H groups in total. The molecule has 7 nitrogen and oxygen atoms in total. The maximum atomic E-state index is 12.2. The Balaban J connectivity index is 2.29. The van der Waals surface area contributed by atoms with Gasteiger partial charge in [-0.15, -0.1) is 0 Å². The van der Waals surface area contributed by atoms with E-state index in [0.29, 0.717) is 15.6 Å². The molecule has 0 atom stereocenters. The summed E-state index contributed by atoms with van der Waals surface area (Å²) >= 11 is 5.43. The van der Waals surface area contributed by atoms with Crippen molar-refractivity contribution in [2.75, 3.05) is 5.32 Å². The molecule has 1 aromatic carbocycles. The maximum absolute atomic E-state index is 12.2. The molecule has 2 aromatic rings. The van der Waals surface area contributed by atoms with E-state index >= 15 is 0 Å². The summed E-state index contributed by atoms with van der Waals surface area (Å²) in [6.07, 6.45) is 1.36. The van der Waals surface area contributed by atoms with Crippen LogP contribution in [0.5, 0.6) is 0 Å². The summed E-state index contributed by atoms with van der Waals surface area (Å²) in [5.41, 5.74) is 6.26. The number of aromatic nitrogens is 2. The monoisotopic (exact) mass is 449 g/mol. The minimum Gasteiger partial charge on any atom is -0.409 e. The predicted molar refractivity (Wildman–Crippen MR) is 85.9 cm³/mol. The van der Waals surface area contributed by atoms with Crippen molar-refractivity contribution in [3.63, 3.8) is 0 Å². The smallest absolute Gasteiger partial charge is 0.258 e. The van der Waals surface area contributed by atoms with Crippen LogP contribution < -0.4 is 11.1 Å². The second-order valence-corrected chi connectivity index (χ2v) is 5.82. The van der Waals surface area contributed by atoms with Crippen molar-refractivity contribution in [2.24, 2.45) is 10.9 Å². The van der Waals surface area contributed by atoms with E-state index in [-0.39, 0.29) is 17.6 Å². The minimum absolute atomic E-state index is 0.143. The Morgan fingerprint density at radius 1 is 1.50 bits per heavy atom. The van der Waals surface area contributed by atoms with Gasteiger partial charge in [-0.2, -0.15) is 5.10 Å². The van der Waals surface area contributed by atoms with Crippen molar-refractivity contribution in [1.82, 2.24) is 10.2 Å². The lowest BCUT2D eigenvalue weighted by Gasteiger charge is -2.07. The van der Waals surface area contributed by atoms with Gasteiger partial charge in [0.25, 0.3) is 5.91 Å². The third kappa shape index (κ3) is 3.10. The number of nitrogens with one attached hydrogen (secondary N) is 2. The van der Waals surface area contributed by atoms with E-state index in [9.17, 15) is 4.79 Å². The number of carbonyl (C=O) groups is 1. The number of H-pyrrole nitrogens is 1. The van der Waals surface area contributed by atoms with E-state index in [0.717, 1.165) is 3.57 Å². The van der Waals surface area contributed by atoms with Gasteiger partial charge in [-0.3, -0.25) is 9.89 Å².